The van der Waals surface area contributed by atoms with Gasteiger partial charge in [0.15, 0.2) is 0 Å². The number of nitrogens with one attached hydrogen (secondary N) is 1. The van der Waals surface area contributed by atoms with E-state index in [9.17, 15) is 4.79 Å². The monoisotopic (exact) mass is 319 g/mol. The molecule has 0 aliphatic carbocycles. The average Bonchev–Trinajstić information content (AvgIpc) is 2.93. The molecule has 0 bridgehead atoms. The first-order valence-electron chi connectivity index (χ1n) is 6.48. The maximum atomic E-state index is 12.2. The molecular weight excluding hydrogens is 302 g/mol. The van der Waals surface area contributed by atoms with Gasteiger partial charge in [-0.3, -0.25) is 4.79 Å². The van der Waals surface area contributed by atoms with E-state index in [1.165, 1.54) is 11.3 Å². The highest BCUT2D eigenvalue weighted by atomic mass is 32.1. The van der Waals surface area contributed by atoms with Crippen LogP contribution in [-0.4, -0.2) is 15.9 Å². The predicted molar refractivity (Wildman–Crippen MR) is 89.3 cm³/mol. The lowest BCUT2D eigenvalue weighted by molar-refractivity contribution is -0.122. The lowest BCUT2D eigenvalue weighted by Crippen LogP contribution is -2.41. The van der Waals surface area contributed by atoms with Crippen LogP contribution in [0.2, 0.25) is 0 Å². The van der Waals surface area contributed by atoms with Gasteiger partial charge in [0, 0.05) is 17.1 Å². The van der Waals surface area contributed by atoms with Gasteiger partial charge in [0.25, 0.3) is 0 Å². The summed E-state index contributed by atoms with van der Waals surface area (Å²) in [5.74, 6) is -0.0433. The van der Waals surface area contributed by atoms with Crippen LogP contribution in [0.3, 0.4) is 0 Å². The molecule has 0 unspecified atom stereocenters. The fourth-order valence-electron chi connectivity index (χ4n) is 1.95. The Labute approximate surface area is 133 Å². The smallest absolute Gasteiger partial charge is 0.225 e. The second-order valence-electron chi connectivity index (χ2n) is 5.25. The molecule has 2 rings (SSSR count). The van der Waals surface area contributed by atoms with Crippen LogP contribution in [0.25, 0.3) is 0 Å². The van der Waals surface area contributed by atoms with Gasteiger partial charge in [0.05, 0.1) is 12.0 Å². The van der Waals surface area contributed by atoms with Crippen molar-refractivity contribution in [1.29, 1.82) is 0 Å². The van der Waals surface area contributed by atoms with E-state index in [2.05, 4.69) is 10.3 Å². The predicted octanol–water partition coefficient (Wildman–Crippen LogP) is 2.37. The molecule has 4 nitrogen and oxygen atoms in total. The maximum Gasteiger partial charge on any atom is 0.225 e. The lowest BCUT2D eigenvalue weighted by Gasteiger charge is -2.23. The van der Waals surface area contributed by atoms with E-state index in [4.69, 9.17) is 18.0 Å². The highest BCUT2D eigenvalue weighted by molar-refractivity contribution is 7.80. The number of hydrogen-bond donors (Lipinski definition) is 2. The second-order valence-corrected chi connectivity index (χ2v) is 6.58. The zero-order valence-corrected chi connectivity index (χ0v) is 13.6. The van der Waals surface area contributed by atoms with Gasteiger partial charge >= 0.3 is 0 Å². The lowest BCUT2D eigenvalue weighted by atomic mass is 10.0. The van der Waals surface area contributed by atoms with Crippen molar-refractivity contribution in [2.45, 2.75) is 25.8 Å². The zero-order chi connectivity index (χ0) is 15.5. The number of hydrogen-bond acceptors (Lipinski definition) is 4. The number of rotatable bonds is 5. The third kappa shape index (κ3) is 4.09. The quantitative estimate of drug-likeness (QED) is 0.830. The van der Waals surface area contributed by atoms with E-state index in [1.54, 1.807) is 6.20 Å². The summed E-state index contributed by atoms with van der Waals surface area (Å²) in [5.41, 5.74) is 6.80. The number of thiocarbonyl (C=S) groups is 1. The van der Waals surface area contributed by atoms with Crippen molar-refractivity contribution in [3.63, 3.8) is 0 Å². The molecule has 3 N–H and O–H groups in total. The van der Waals surface area contributed by atoms with Gasteiger partial charge < -0.3 is 11.1 Å². The van der Waals surface area contributed by atoms with Crippen molar-refractivity contribution in [1.82, 2.24) is 10.3 Å². The van der Waals surface area contributed by atoms with Crippen molar-refractivity contribution in [2.75, 3.05) is 0 Å². The number of aromatic nitrogens is 1. The van der Waals surface area contributed by atoms with Gasteiger partial charge in [-0.25, -0.2) is 4.98 Å². The van der Waals surface area contributed by atoms with Crippen LogP contribution in [0.4, 0.5) is 0 Å². The SMILES string of the molecule is CC(C)(NC(=O)Cc1ccc(C(N)=S)cc1)c1nccs1. The van der Waals surface area contributed by atoms with Gasteiger partial charge in [-0.05, 0) is 19.4 Å². The number of thiazole rings is 1. The van der Waals surface area contributed by atoms with Crippen LogP contribution >= 0.6 is 23.6 Å². The van der Waals surface area contributed by atoms with Crippen LogP contribution in [0.5, 0.6) is 0 Å². The summed E-state index contributed by atoms with van der Waals surface area (Å²) < 4.78 is 0. The molecule has 6 heteroatoms. The molecule has 110 valence electrons. The summed E-state index contributed by atoms with van der Waals surface area (Å²) in [4.78, 5) is 16.8. The molecule has 2 aromatic rings. The highest BCUT2D eigenvalue weighted by Crippen LogP contribution is 2.22. The van der Waals surface area contributed by atoms with Crippen LogP contribution in [0, 0.1) is 0 Å². The van der Waals surface area contributed by atoms with Crippen molar-refractivity contribution in [2.24, 2.45) is 5.73 Å². The summed E-state index contributed by atoms with van der Waals surface area (Å²) in [6.07, 6.45) is 2.05. The van der Waals surface area contributed by atoms with Crippen LogP contribution in [0.15, 0.2) is 35.8 Å². The van der Waals surface area contributed by atoms with E-state index in [0.29, 0.717) is 11.4 Å². The molecule has 0 aliphatic rings. The van der Waals surface area contributed by atoms with Gasteiger partial charge in [-0.2, -0.15) is 0 Å². The number of benzene rings is 1. The van der Waals surface area contributed by atoms with Crippen molar-refractivity contribution < 1.29 is 4.79 Å². The van der Waals surface area contributed by atoms with E-state index >= 15 is 0 Å². The topological polar surface area (TPSA) is 68.0 Å². The van der Waals surface area contributed by atoms with Gasteiger partial charge in [0.1, 0.15) is 10.00 Å². The molecule has 0 radical (unpaired) electrons. The van der Waals surface area contributed by atoms with Crippen molar-refractivity contribution in [3.05, 3.63) is 52.0 Å². The normalized spacial score (nSPS) is 11.1. The van der Waals surface area contributed by atoms with E-state index in [-0.39, 0.29) is 5.91 Å². The molecule has 1 aromatic heterocycles. The number of nitrogens with zero attached hydrogens (tertiary/aromatic N) is 1. The summed E-state index contributed by atoms with van der Waals surface area (Å²) in [6, 6.07) is 7.39. The minimum Gasteiger partial charge on any atom is -0.389 e. The van der Waals surface area contributed by atoms with Crippen LogP contribution in [-0.2, 0) is 16.8 Å². The third-order valence-corrected chi connectivity index (χ3v) is 4.35. The summed E-state index contributed by atoms with van der Waals surface area (Å²) in [6.45, 7) is 3.89. The number of carbonyl (C=O) groups is 1. The summed E-state index contributed by atoms with van der Waals surface area (Å²) in [7, 11) is 0. The Kier molecular flexibility index (Phi) is 4.69. The van der Waals surface area contributed by atoms with E-state index in [0.717, 1.165) is 16.1 Å². The number of nitrogens with two attached hydrogens (primary N) is 1. The summed E-state index contributed by atoms with van der Waals surface area (Å²) >= 11 is 6.43. The first-order chi connectivity index (χ1) is 9.88. The Hall–Kier alpha value is -1.79. The Morgan fingerprint density at radius 2 is 2.05 bits per heavy atom. The number of amides is 1. The largest absolute Gasteiger partial charge is 0.389 e. The Bertz CT molecular complexity index is 633. The average molecular weight is 319 g/mol. The molecule has 0 saturated heterocycles. The fourth-order valence-corrected chi connectivity index (χ4v) is 2.80. The molecular formula is C15H17N3OS2. The van der Waals surface area contributed by atoms with Crippen LogP contribution in [0.1, 0.15) is 30.0 Å². The van der Waals surface area contributed by atoms with Crippen molar-refractivity contribution in [3.8, 4) is 0 Å². The fraction of sp³-hybridized carbons (Fsp3) is 0.267. The first-order valence-corrected chi connectivity index (χ1v) is 7.77. The molecule has 1 aromatic carbocycles. The third-order valence-electron chi connectivity index (χ3n) is 3.02. The van der Waals surface area contributed by atoms with E-state index < -0.39 is 5.54 Å². The van der Waals surface area contributed by atoms with Gasteiger partial charge in [-0.1, -0.05) is 36.5 Å². The molecule has 21 heavy (non-hydrogen) atoms. The molecule has 0 spiro atoms. The summed E-state index contributed by atoms with van der Waals surface area (Å²) in [5, 5.41) is 5.79. The first kappa shape index (κ1) is 15.6. The molecule has 1 amide bonds. The minimum absolute atomic E-state index is 0.0433. The van der Waals surface area contributed by atoms with Crippen LogP contribution < -0.4 is 11.1 Å². The Morgan fingerprint density at radius 3 is 2.57 bits per heavy atom. The minimum atomic E-state index is -0.468. The Morgan fingerprint density at radius 1 is 1.38 bits per heavy atom. The molecule has 0 atom stereocenters. The standard InChI is InChI=1S/C15H17N3OS2/c1-15(2,14-17-7-8-21-14)18-12(19)9-10-3-5-11(6-4-10)13(16)20/h3-8H,9H2,1-2H3,(H2,16,20)(H,18,19). The van der Waals surface area contributed by atoms with E-state index in [1.807, 2.05) is 43.5 Å². The zero-order valence-electron chi connectivity index (χ0n) is 11.9. The maximum absolute atomic E-state index is 12.2. The van der Waals surface area contributed by atoms with Gasteiger partial charge in [0.2, 0.25) is 5.91 Å². The Balaban J connectivity index is 2.00. The highest BCUT2D eigenvalue weighted by Gasteiger charge is 2.25. The molecule has 0 fully saturated rings. The molecule has 0 saturated carbocycles. The number of carbonyl (C=O) groups excluding carboxylic acids is 1. The van der Waals surface area contributed by atoms with Gasteiger partial charge in [-0.15, -0.1) is 11.3 Å². The van der Waals surface area contributed by atoms with Crippen molar-refractivity contribution >= 4 is 34.5 Å². The molecule has 1 heterocycles. The molecule has 0 aliphatic heterocycles. The second kappa shape index (κ2) is 6.32.